The van der Waals surface area contributed by atoms with Crippen LogP contribution in [0.25, 0.3) is 0 Å². The molecule has 0 bridgehead atoms. The maximum atomic E-state index is 12.6. The lowest BCUT2D eigenvalue weighted by molar-refractivity contribution is 0.0342. The van der Waals surface area contributed by atoms with Crippen molar-refractivity contribution < 1.29 is 9.53 Å². The van der Waals surface area contributed by atoms with Gasteiger partial charge in [0.2, 0.25) is 0 Å². The van der Waals surface area contributed by atoms with Crippen molar-refractivity contribution in [2.45, 2.75) is 25.4 Å². The highest BCUT2D eigenvalue weighted by Crippen LogP contribution is 2.28. The molecule has 5 heteroatoms. The van der Waals surface area contributed by atoms with Crippen LogP contribution in [0, 0.1) is 0 Å². The van der Waals surface area contributed by atoms with E-state index in [0.29, 0.717) is 0 Å². The normalized spacial score (nSPS) is 22.0. The highest BCUT2D eigenvalue weighted by Gasteiger charge is 2.29. The third-order valence-corrected chi connectivity index (χ3v) is 5.02. The number of morpholine rings is 1. The van der Waals surface area contributed by atoms with Crippen molar-refractivity contribution in [3.8, 4) is 0 Å². The third kappa shape index (κ3) is 3.62. The number of carbonyl (C=O) groups excluding carboxylic acids is 1. The van der Waals surface area contributed by atoms with E-state index in [-0.39, 0.29) is 5.91 Å². The molecule has 0 N–H and O–H groups in total. The Kier molecular flexibility index (Phi) is 4.54. The molecule has 0 atom stereocenters. The van der Waals surface area contributed by atoms with Crippen LogP contribution in [0.5, 0.6) is 0 Å². The molecule has 0 aromatic heterocycles. The fraction of sp³-hybridized carbons (Fsp3) is 0.526. The number of hydrogen-bond donors (Lipinski definition) is 0. The van der Waals surface area contributed by atoms with Gasteiger partial charge in [0.05, 0.1) is 13.2 Å². The fourth-order valence-corrected chi connectivity index (χ4v) is 3.35. The number of carbonyl (C=O) groups is 1. The molecule has 0 unspecified atom stereocenters. The van der Waals surface area contributed by atoms with Crippen LogP contribution in [0.4, 0.5) is 0 Å². The van der Waals surface area contributed by atoms with Crippen LogP contribution in [0.1, 0.15) is 28.8 Å². The Morgan fingerprint density at radius 3 is 2.38 bits per heavy atom. The van der Waals surface area contributed by atoms with Crippen LogP contribution in [0.2, 0.25) is 0 Å². The highest BCUT2D eigenvalue weighted by atomic mass is 16.5. The average molecular weight is 327 g/mol. The molecule has 1 saturated heterocycles. The summed E-state index contributed by atoms with van der Waals surface area (Å²) >= 11 is 0. The Hall–Kier alpha value is -1.85. The van der Waals surface area contributed by atoms with Crippen LogP contribution in [-0.2, 0) is 11.3 Å². The van der Waals surface area contributed by atoms with Crippen LogP contribution >= 0.6 is 0 Å². The molecular weight excluding hydrogens is 302 g/mol. The van der Waals surface area contributed by atoms with Crippen molar-refractivity contribution in [1.29, 1.82) is 0 Å². The van der Waals surface area contributed by atoms with Gasteiger partial charge in [0.25, 0.3) is 5.91 Å². The zero-order valence-electron chi connectivity index (χ0n) is 14.1. The third-order valence-electron chi connectivity index (χ3n) is 5.02. The summed E-state index contributed by atoms with van der Waals surface area (Å²) in [7, 11) is 0. The number of hydrogen-bond acceptors (Lipinski definition) is 4. The van der Waals surface area contributed by atoms with Gasteiger partial charge in [-0.2, -0.15) is 0 Å². The van der Waals surface area contributed by atoms with E-state index in [1.165, 1.54) is 18.4 Å². The Morgan fingerprint density at radius 1 is 1.00 bits per heavy atom. The van der Waals surface area contributed by atoms with Gasteiger partial charge in [-0.05, 0) is 30.5 Å². The van der Waals surface area contributed by atoms with Gasteiger partial charge in [0.1, 0.15) is 0 Å². The second kappa shape index (κ2) is 6.95. The second-order valence-corrected chi connectivity index (χ2v) is 6.85. The van der Waals surface area contributed by atoms with Crippen LogP contribution in [-0.4, -0.2) is 66.0 Å². The summed E-state index contributed by atoms with van der Waals surface area (Å²) in [5.41, 5.74) is 2.02. The lowest BCUT2D eigenvalue weighted by atomic mass is 10.1. The summed E-state index contributed by atoms with van der Waals surface area (Å²) in [6, 6.07) is 8.79. The van der Waals surface area contributed by atoms with Crippen LogP contribution < -0.4 is 0 Å². The molecule has 0 spiro atoms. The monoisotopic (exact) mass is 327 g/mol. The van der Waals surface area contributed by atoms with Gasteiger partial charge < -0.3 is 14.5 Å². The van der Waals surface area contributed by atoms with Gasteiger partial charge in [-0.3, -0.25) is 9.69 Å². The van der Waals surface area contributed by atoms with Crippen molar-refractivity contribution in [2.75, 3.05) is 39.4 Å². The molecule has 2 aliphatic heterocycles. The smallest absolute Gasteiger partial charge is 0.257 e. The number of ether oxygens (including phenoxy) is 1. The number of benzene rings is 1. The Balaban J connectivity index is 1.35. The van der Waals surface area contributed by atoms with E-state index in [4.69, 9.17) is 4.74 Å². The quantitative estimate of drug-likeness (QED) is 0.846. The van der Waals surface area contributed by atoms with Gasteiger partial charge in [0.15, 0.2) is 0 Å². The standard InChI is InChI=1S/C19H25N3O2/c23-19(22-9-7-21(8-10-22)18-5-6-18)17-3-1-16(2-4-17)15-20-11-13-24-14-12-20/h1-4,7,9,18H,5-6,8,10-15H2. The van der Waals surface area contributed by atoms with Gasteiger partial charge >= 0.3 is 0 Å². The molecule has 1 amide bonds. The first kappa shape index (κ1) is 15.7. The van der Waals surface area contributed by atoms with Gasteiger partial charge in [-0.15, -0.1) is 0 Å². The van der Waals surface area contributed by atoms with Crippen LogP contribution in [0.3, 0.4) is 0 Å². The van der Waals surface area contributed by atoms with E-state index >= 15 is 0 Å². The first-order chi connectivity index (χ1) is 11.8. The van der Waals surface area contributed by atoms with Gasteiger partial charge in [-0.1, -0.05) is 12.1 Å². The maximum Gasteiger partial charge on any atom is 0.257 e. The predicted octanol–water partition coefficient (Wildman–Crippen LogP) is 1.91. The average Bonchev–Trinajstić information content (AvgIpc) is 3.48. The summed E-state index contributed by atoms with van der Waals surface area (Å²) in [6.45, 7) is 6.25. The molecule has 5 nitrogen and oxygen atoms in total. The minimum Gasteiger partial charge on any atom is -0.379 e. The maximum absolute atomic E-state index is 12.6. The van der Waals surface area contributed by atoms with Crippen molar-refractivity contribution in [1.82, 2.24) is 14.7 Å². The first-order valence-electron chi connectivity index (χ1n) is 8.94. The Morgan fingerprint density at radius 2 is 1.75 bits per heavy atom. The number of amides is 1. The SMILES string of the molecule is O=C(c1ccc(CN2CCOCC2)cc1)N1C=CN(C2CC2)CC1. The predicted molar refractivity (Wildman–Crippen MR) is 92.4 cm³/mol. The van der Waals surface area contributed by atoms with Crippen LogP contribution in [0.15, 0.2) is 36.7 Å². The van der Waals surface area contributed by atoms with Gasteiger partial charge in [0, 0.05) is 56.7 Å². The van der Waals surface area contributed by atoms with Gasteiger partial charge in [-0.25, -0.2) is 0 Å². The van der Waals surface area contributed by atoms with E-state index in [9.17, 15) is 4.79 Å². The molecule has 4 rings (SSSR count). The number of rotatable bonds is 4. The molecule has 2 fully saturated rings. The molecule has 128 valence electrons. The lowest BCUT2D eigenvalue weighted by Crippen LogP contribution is -2.38. The van der Waals surface area contributed by atoms with Crippen molar-refractivity contribution in [2.24, 2.45) is 0 Å². The molecule has 1 aromatic carbocycles. The second-order valence-electron chi connectivity index (χ2n) is 6.85. The van der Waals surface area contributed by atoms with E-state index in [1.807, 2.05) is 23.2 Å². The molecule has 3 aliphatic rings. The van der Waals surface area contributed by atoms with E-state index in [2.05, 4.69) is 28.1 Å². The van der Waals surface area contributed by atoms with E-state index < -0.39 is 0 Å². The molecule has 24 heavy (non-hydrogen) atoms. The zero-order valence-corrected chi connectivity index (χ0v) is 14.1. The Labute approximate surface area is 143 Å². The molecule has 1 saturated carbocycles. The molecule has 0 radical (unpaired) electrons. The summed E-state index contributed by atoms with van der Waals surface area (Å²) in [6.07, 6.45) is 6.60. The molecule has 1 aliphatic carbocycles. The Bertz CT molecular complexity index is 604. The fourth-order valence-electron chi connectivity index (χ4n) is 3.35. The lowest BCUT2D eigenvalue weighted by Gasteiger charge is -2.30. The highest BCUT2D eigenvalue weighted by molar-refractivity contribution is 5.95. The molecular formula is C19H25N3O2. The summed E-state index contributed by atoms with van der Waals surface area (Å²) in [5.74, 6) is 0.0969. The summed E-state index contributed by atoms with van der Waals surface area (Å²) in [4.78, 5) is 19.2. The molecule has 1 aromatic rings. The summed E-state index contributed by atoms with van der Waals surface area (Å²) in [5, 5.41) is 0. The first-order valence-corrected chi connectivity index (χ1v) is 8.94. The topological polar surface area (TPSA) is 36.0 Å². The van der Waals surface area contributed by atoms with Crippen molar-refractivity contribution in [3.05, 3.63) is 47.8 Å². The van der Waals surface area contributed by atoms with Crippen molar-refractivity contribution >= 4 is 5.91 Å². The van der Waals surface area contributed by atoms with Crippen molar-refractivity contribution in [3.63, 3.8) is 0 Å². The van der Waals surface area contributed by atoms with E-state index in [0.717, 1.165) is 57.5 Å². The number of nitrogens with zero attached hydrogens (tertiary/aromatic N) is 3. The molecule has 2 heterocycles. The van der Waals surface area contributed by atoms with E-state index in [1.54, 1.807) is 0 Å². The summed E-state index contributed by atoms with van der Waals surface area (Å²) < 4.78 is 5.38. The largest absolute Gasteiger partial charge is 0.379 e. The minimum atomic E-state index is 0.0969. The zero-order chi connectivity index (χ0) is 16.4. The minimum absolute atomic E-state index is 0.0969.